The van der Waals surface area contributed by atoms with Crippen LogP contribution in [0.2, 0.25) is 0 Å². The molecule has 4 rings (SSSR count). The molecule has 1 saturated heterocycles. The first kappa shape index (κ1) is 15.8. The maximum absolute atomic E-state index is 10.3. The highest BCUT2D eigenvalue weighted by Crippen LogP contribution is 2.36. The minimum Gasteiger partial charge on any atom is -0.497 e. The summed E-state index contributed by atoms with van der Waals surface area (Å²) in [4.78, 5) is 2.14. The summed E-state index contributed by atoms with van der Waals surface area (Å²) in [7, 11) is 1.66. The summed E-state index contributed by atoms with van der Waals surface area (Å²) >= 11 is 0. The lowest BCUT2D eigenvalue weighted by molar-refractivity contribution is 0.194. The molecular formula is C18H21N5O2. The van der Waals surface area contributed by atoms with Crippen LogP contribution in [0, 0.1) is 0 Å². The van der Waals surface area contributed by atoms with Crippen LogP contribution in [0.4, 0.5) is 5.82 Å². The van der Waals surface area contributed by atoms with Gasteiger partial charge in [-0.3, -0.25) is 0 Å². The number of aromatic nitrogens is 4. The molecule has 1 N–H and O–H groups in total. The van der Waals surface area contributed by atoms with Gasteiger partial charge in [0, 0.05) is 13.0 Å². The van der Waals surface area contributed by atoms with E-state index in [1.54, 1.807) is 11.6 Å². The first-order valence-corrected chi connectivity index (χ1v) is 8.49. The topological polar surface area (TPSA) is 75.8 Å². The minimum absolute atomic E-state index is 0.0524. The van der Waals surface area contributed by atoms with Crippen molar-refractivity contribution in [2.45, 2.75) is 31.9 Å². The summed E-state index contributed by atoms with van der Waals surface area (Å²) < 4.78 is 7.12. The van der Waals surface area contributed by atoms with Gasteiger partial charge in [0.25, 0.3) is 0 Å². The van der Waals surface area contributed by atoms with Crippen LogP contribution in [0.5, 0.6) is 5.75 Å². The van der Waals surface area contributed by atoms with E-state index >= 15 is 0 Å². The highest BCUT2D eigenvalue weighted by Gasteiger charge is 2.33. The van der Waals surface area contributed by atoms with Gasteiger partial charge in [0.2, 0.25) is 0 Å². The van der Waals surface area contributed by atoms with Crippen LogP contribution in [0.25, 0.3) is 5.65 Å². The lowest BCUT2D eigenvalue weighted by Gasteiger charge is -2.26. The van der Waals surface area contributed by atoms with Crippen LogP contribution < -0.4 is 9.64 Å². The van der Waals surface area contributed by atoms with Crippen LogP contribution in [0.1, 0.15) is 30.8 Å². The third-order valence-corrected chi connectivity index (χ3v) is 4.68. The number of fused-ring (bicyclic) bond motifs is 1. The molecule has 3 heterocycles. The highest BCUT2D eigenvalue weighted by molar-refractivity contribution is 5.49. The van der Waals surface area contributed by atoms with Crippen LogP contribution in [0.15, 0.2) is 36.4 Å². The fraction of sp³-hybridized carbons (Fsp3) is 0.389. The molecule has 0 spiro atoms. The number of aryl methyl sites for hydroxylation is 1. The number of rotatable bonds is 4. The van der Waals surface area contributed by atoms with Crippen molar-refractivity contribution < 1.29 is 9.84 Å². The summed E-state index contributed by atoms with van der Waals surface area (Å²) in [5.41, 5.74) is 1.84. The first-order chi connectivity index (χ1) is 12.2. The van der Waals surface area contributed by atoms with E-state index in [1.165, 1.54) is 0 Å². The SMILES string of the molecule is CCc1nnc2ccc(N3C[C@@H](O)C[C@H]3c3cccc(OC)c3)nn12. The molecule has 2 aromatic heterocycles. The van der Waals surface area contributed by atoms with Crippen molar-refractivity contribution in [3.05, 3.63) is 47.8 Å². The van der Waals surface area contributed by atoms with E-state index in [-0.39, 0.29) is 12.1 Å². The van der Waals surface area contributed by atoms with E-state index in [1.807, 2.05) is 37.3 Å². The molecule has 2 atom stereocenters. The van der Waals surface area contributed by atoms with Gasteiger partial charge in [0.05, 0.1) is 19.3 Å². The molecule has 1 aromatic carbocycles. The largest absolute Gasteiger partial charge is 0.497 e. The van der Waals surface area contributed by atoms with E-state index < -0.39 is 0 Å². The molecule has 0 saturated carbocycles. The quantitative estimate of drug-likeness (QED) is 0.784. The number of β-amino-alcohol motifs (C(OH)–C–C–N with tert-alkyl or cyclic N) is 1. The standard InChI is InChI=1S/C18H21N5O2/c1-3-16-19-20-17-7-8-18(21-23(16)17)22-11-13(24)10-15(22)12-5-4-6-14(9-12)25-2/h4-9,13,15,24H,3,10-11H2,1-2H3/t13-,15-/m0/s1. The molecule has 0 bridgehead atoms. The average molecular weight is 339 g/mol. The van der Waals surface area contributed by atoms with Gasteiger partial charge >= 0.3 is 0 Å². The van der Waals surface area contributed by atoms with Crippen molar-refractivity contribution in [1.82, 2.24) is 19.8 Å². The lowest BCUT2D eigenvalue weighted by Crippen LogP contribution is -2.26. The van der Waals surface area contributed by atoms with Crippen molar-refractivity contribution in [3.63, 3.8) is 0 Å². The fourth-order valence-corrected chi connectivity index (χ4v) is 3.43. The molecule has 0 unspecified atom stereocenters. The van der Waals surface area contributed by atoms with Gasteiger partial charge in [0.15, 0.2) is 11.5 Å². The number of aliphatic hydroxyl groups is 1. The van der Waals surface area contributed by atoms with Crippen LogP contribution in [-0.2, 0) is 6.42 Å². The molecule has 25 heavy (non-hydrogen) atoms. The normalized spacial score (nSPS) is 20.4. The van der Waals surface area contributed by atoms with Crippen molar-refractivity contribution in [3.8, 4) is 5.75 Å². The highest BCUT2D eigenvalue weighted by atomic mass is 16.5. The number of benzene rings is 1. The van der Waals surface area contributed by atoms with Crippen molar-refractivity contribution in [1.29, 1.82) is 0 Å². The Bertz CT molecular complexity index is 894. The van der Waals surface area contributed by atoms with Gasteiger partial charge in [-0.1, -0.05) is 19.1 Å². The Hall–Kier alpha value is -2.67. The van der Waals surface area contributed by atoms with Gasteiger partial charge < -0.3 is 14.7 Å². The molecule has 0 radical (unpaired) electrons. The van der Waals surface area contributed by atoms with Gasteiger partial charge in [-0.2, -0.15) is 4.52 Å². The Kier molecular flexibility index (Phi) is 4.01. The molecule has 3 aromatic rings. The molecule has 130 valence electrons. The predicted octanol–water partition coefficient (Wildman–Crippen LogP) is 2.01. The second-order valence-corrected chi connectivity index (χ2v) is 6.27. The zero-order valence-corrected chi connectivity index (χ0v) is 14.3. The number of hydrogen-bond donors (Lipinski definition) is 1. The van der Waals surface area contributed by atoms with E-state index in [2.05, 4.69) is 21.2 Å². The number of hydrogen-bond acceptors (Lipinski definition) is 6. The number of anilines is 1. The fourth-order valence-electron chi connectivity index (χ4n) is 3.43. The maximum Gasteiger partial charge on any atom is 0.178 e. The molecular weight excluding hydrogens is 318 g/mol. The van der Waals surface area contributed by atoms with E-state index in [0.717, 1.165) is 35.0 Å². The smallest absolute Gasteiger partial charge is 0.178 e. The average Bonchev–Trinajstić information content (AvgIpc) is 3.24. The van der Waals surface area contributed by atoms with Gasteiger partial charge in [0.1, 0.15) is 11.6 Å². The number of methoxy groups -OCH3 is 1. The maximum atomic E-state index is 10.3. The predicted molar refractivity (Wildman–Crippen MR) is 93.9 cm³/mol. The third-order valence-electron chi connectivity index (χ3n) is 4.68. The van der Waals surface area contributed by atoms with Gasteiger partial charge in [-0.15, -0.1) is 15.3 Å². The summed E-state index contributed by atoms with van der Waals surface area (Å²) in [5.74, 6) is 2.45. The second kappa shape index (κ2) is 6.33. The van der Waals surface area contributed by atoms with Crippen molar-refractivity contribution in [2.24, 2.45) is 0 Å². The summed E-state index contributed by atoms with van der Waals surface area (Å²) in [6.07, 6.45) is 1.04. The van der Waals surface area contributed by atoms with Crippen LogP contribution in [0.3, 0.4) is 0 Å². The van der Waals surface area contributed by atoms with E-state index in [0.29, 0.717) is 13.0 Å². The van der Waals surface area contributed by atoms with E-state index in [9.17, 15) is 5.11 Å². The summed E-state index contributed by atoms with van der Waals surface area (Å²) in [5, 5.41) is 23.3. The molecule has 0 amide bonds. The molecule has 7 nitrogen and oxygen atoms in total. The lowest BCUT2D eigenvalue weighted by atomic mass is 10.0. The monoisotopic (exact) mass is 339 g/mol. The molecule has 0 aliphatic carbocycles. The Balaban J connectivity index is 1.74. The zero-order chi connectivity index (χ0) is 17.4. The first-order valence-electron chi connectivity index (χ1n) is 8.49. The Morgan fingerprint density at radius 2 is 2.12 bits per heavy atom. The Labute approximate surface area is 145 Å². The second-order valence-electron chi connectivity index (χ2n) is 6.27. The third kappa shape index (κ3) is 2.80. The molecule has 1 aliphatic heterocycles. The number of nitrogens with zero attached hydrogens (tertiary/aromatic N) is 5. The van der Waals surface area contributed by atoms with Crippen molar-refractivity contribution >= 4 is 11.5 Å². The van der Waals surface area contributed by atoms with Crippen LogP contribution >= 0.6 is 0 Å². The molecule has 7 heteroatoms. The van der Waals surface area contributed by atoms with Gasteiger partial charge in [-0.05, 0) is 36.2 Å². The minimum atomic E-state index is -0.389. The molecule has 1 fully saturated rings. The summed E-state index contributed by atoms with van der Waals surface area (Å²) in [6, 6.07) is 11.9. The zero-order valence-electron chi connectivity index (χ0n) is 14.3. The number of aliphatic hydroxyl groups excluding tert-OH is 1. The van der Waals surface area contributed by atoms with Crippen LogP contribution in [-0.4, -0.2) is 44.7 Å². The number of ether oxygens (including phenoxy) is 1. The van der Waals surface area contributed by atoms with Crippen molar-refractivity contribution in [2.75, 3.05) is 18.6 Å². The van der Waals surface area contributed by atoms with Gasteiger partial charge in [-0.25, -0.2) is 0 Å². The van der Waals surface area contributed by atoms with E-state index in [4.69, 9.17) is 9.84 Å². The Morgan fingerprint density at radius 1 is 1.24 bits per heavy atom. The Morgan fingerprint density at radius 3 is 2.92 bits per heavy atom. The molecule has 1 aliphatic rings. The summed E-state index contributed by atoms with van der Waals surface area (Å²) in [6.45, 7) is 2.58.